The normalized spacial score (nSPS) is 12.0. The lowest BCUT2D eigenvalue weighted by atomic mass is 10.1. The van der Waals surface area contributed by atoms with Crippen molar-refractivity contribution in [2.24, 2.45) is 0 Å². The Kier molecular flexibility index (Phi) is 17.4. The van der Waals surface area contributed by atoms with Crippen LogP contribution in [0.25, 0.3) is 0 Å². The summed E-state index contributed by atoms with van der Waals surface area (Å²) >= 11 is 2.99. The van der Waals surface area contributed by atoms with Crippen LogP contribution in [0, 0.1) is 48.8 Å². The minimum absolute atomic E-state index is 0.00590. The zero-order valence-corrected chi connectivity index (χ0v) is 32.0. The summed E-state index contributed by atoms with van der Waals surface area (Å²) < 4.78 is 99.4. The van der Waals surface area contributed by atoms with E-state index in [1.807, 2.05) is 0 Å². The van der Waals surface area contributed by atoms with E-state index in [9.17, 15) is 40.7 Å². The van der Waals surface area contributed by atoms with Crippen molar-refractivity contribution in [3.05, 3.63) is 142 Å². The van der Waals surface area contributed by atoms with Gasteiger partial charge in [-0.3, -0.25) is 4.79 Å². The number of aryl methyl sites for hydroxylation is 2. The van der Waals surface area contributed by atoms with Gasteiger partial charge in [0.2, 0.25) is 24.0 Å². The number of carbonyl (C=O) groups excluding carboxylic acids is 2. The first kappa shape index (κ1) is 45.3. The molecule has 0 saturated carbocycles. The number of ether oxygens (including phenoxy) is 4. The molecule has 1 N–H and O–H groups in total. The number of esters is 2. The van der Waals surface area contributed by atoms with Crippen molar-refractivity contribution in [3.8, 4) is 11.8 Å². The lowest BCUT2D eigenvalue weighted by Crippen LogP contribution is -2.23. The largest absolute Gasteiger partial charge is 0.478 e. The first-order valence-electron chi connectivity index (χ1n) is 16.5. The second-order valence-electron chi connectivity index (χ2n) is 11.1. The van der Waals surface area contributed by atoms with Gasteiger partial charge >= 0.3 is 17.9 Å². The van der Waals surface area contributed by atoms with Gasteiger partial charge in [0, 0.05) is 59.4 Å². The van der Waals surface area contributed by atoms with Crippen LogP contribution < -0.4 is 9.47 Å². The molecule has 19 heteroatoms. The van der Waals surface area contributed by atoms with Crippen LogP contribution in [0.1, 0.15) is 59.2 Å². The third-order valence-electron chi connectivity index (χ3n) is 6.92. The molecule has 0 bridgehead atoms. The number of rotatable bonds is 12. The Morgan fingerprint density at radius 2 is 1.00 bits per heavy atom. The number of benzene rings is 3. The highest BCUT2D eigenvalue weighted by Gasteiger charge is 2.29. The average Bonchev–Trinajstić information content (AvgIpc) is 3.14. The minimum Gasteiger partial charge on any atom is -0.478 e. The van der Waals surface area contributed by atoms with Crippen LogP contribution in [0.4, 0.5) is 26.3 Å². The summed E-state index contributed by atoms with van der Waals surface area (Å²) in [7, 11) is 0. The van der Waals surface area contributed by atoms with E-state index >= 15 is 0 Å². The molecular weight excluding hydrogens is 834 g/mol. The van der Waals surface area contributed by atoms with Gasteiger partial charge < -0.3 is 24.1 Å². The van der Waals surface area contributed by atoms with E-state index in [-0.39, 0.29) is 41.7 Å². The highest BCUT2D eigenvalue weighted by Crippen LogP contribution is 2.28. The van der Waals surface area contributed by atoms with Gasteiger partial charge in [0.05, 0.1) is 13.2 Å². The summed E-state index contributed by atoms with van der Waals surface area (Å²) in [6, 6.07) is 11.2. The Labute approximate surface area is 330 Å². The topological polar surface area (TPSA) is 160 Å². The van der Waals surface area contributed by atoms with E-state index in [0.717, 1.165) is 36.4 Å². The number of halogens is 7. The smallest absolute Gasteiger partial charge is 0.352 e. The summed E-state index contributed by atoms with van der Waals surface area (Å²) in [5, 5.41) is 9.12. The Morgan fingerprint density at radius 1 is 0.614 bits per heavy atom. The van der Waals surface area contributed by atoms with Crippen LogP contribution in [0.5, 0.6) is 11.8 Å². The van der Waals surface area contributed by atoms with Crippen molar-refractivity contribution in [2.75, 3.05) is 13.2 Å². The highest BCUT2D eigenvalue weighted by atomic mass is 79.9. The van der Waals surface area contributed by atoms with Crippen molar-refractivity contribution < 1.29 is 64.8 Å². The van der Waals surface area contributed by atoms with Gasteiger partial charge in [-0.05, 0) is 58.0 Å². The fourth-order valence-electron chi connectivity index (χ4n) is 4.42. The first-order chi connectivity index (χ1) is 27.0. The summed E-state index contributed by atoms with van der Waals surface area (Å²) in [6.07, 6.45) is -0.168. The number of carboxylic acid groups (broad SMARTS) is 1. The van der Waals surface area contributed by atoms with Crippen LogP contribution in [0.15, 0.2) is 79.1 Å². The number of hydrogen-bond donors (Lipinski definition) is 1. The van der Waals surface area contributed by atoms with E-state index in [2.05, 4.69) is 35.9 Å². The third kappa shape index (κ3) is 13.9. The predicted molar refractivity (Wildman–Crippen MR) is 192 cm³/mol. The maximum Gasteiger partial charge on any atom is 0.352 e. The number of aliphatic carboxylic acids is 1. The maximum atomic E-state index is 13.9. The van der Waals surface area contributed by atoms with Gasteiger partial charge in [0.25, 0.3) is 0 Å². The molecule has 57 heavy (non-hydrogen) atoms. The van der Waals surface area contributed by atoms with Crippen LogP contribution in [-0.2, 0) is 23.9 Å². The Morgan fingerprint density at radius 3 is 1.39 bits per heavy atom. The minimum atomic E-state index is -1.62. The molecule has 0 spiro atoms. The summed E-state index contributed by atoms with van der Waals surface area (Å²) in [4.78, 5) is 49.2. The zero-order valence-electron chi connectivity index (χ0n) is 30.4. The van der Waals surface area contributed by atoms with E-state index in [4.69, 9.17) is 24.1 Å². The fourth-order valence-corrected chi connectivity index (χ4v) is 4.93. The molecule has 0 saturated heterocycles. The van der Waals surface area contributed by atoms with Gasteiger partial charge in [-0.25, -0.2) is 45.9 Å². The lowest BCUT2D eigenvalue weighted by Gasteiger charge is -2.18. The molecule has 0 aliphatic rings. The quantitative estimate of drug-likeness (QED) is 0.0733. The molecule has 3 unspecified atom stereocenters. The number of hydrogen-bond acceptors (Lipinski definition) is 11. The standard InChI is InChI=1S/C15H14F2N2O3.C13H10F2N2O3.C10H9BrF2O2/c1-3-21-15(20)14(11-5-4-10(16)8-12(11)17)22-13-6-7-18-9(2)19-13;1-7-16-5-4-11(17-7)20-12(13(18)19)9-3-2-8(14)6-10(9)15;1-2-15-10(14)9(11)7-4-3-6(12)5-8(7)13/h4-8,14H,3H2,1-2H3;2-6,12H,1H3,(H,18,19);3-5,9H,2H2,1H3. The highest BCUT2D eigenvalue weighted by molar-refractivity contribution is 9.09. The Hall–Kier alpha value is -6.11. The number of carboxylic acids is 1. The maximum absolute atomic E-state index is 13.9. The lowest BCUT2D eigenvalue weighted by molar-refractivity contribution is -0.152. The van der Waals surface area contributed by atoms with Gasteiger partial charge in [0.1, 0.15) is 51.4 Å². The van der Waals surface area contributed by atoms with Crippen molar-refractivity contribution in [3.63, 3.8) is 0 Å². The first-order valence-corrected chi connectivity index (χ1v) is 17.4. The van der Waals surface area contributed by atoms with Gasteiger partial charge in [-0.2, -0.15) is 9.97 Å². The molecule has 5 aromatic rings. The molecule has 0 fully saturated rings. The molecule has 2 aromatic heterocycles. The van der Waals surface area contributed by atoms with Crippen molar-refractivity contribution in [1.82, 2.24) is 19.9 Å². The molecule has 3 aromatic carbocycles. The average molecular weight is 868 g/mol. The molecule has 0 aliphatic heterocycles. The number of nitrogens with zero attached hydrogens (tertiary/aromatic N) is 4. The Bertz CT molecular complexity index is 2170. The van der Waals surface area contributed by atoms with Gasteiger partial charge in [-0.1, -0.05) is 22.0 Å². The molecular formula is C38H33BrF6N4O8. The summed E-state index contributed by atoms with van der Waals surface area (Å²) in [5.74, 6) is -6.79. The van der Waals surface area contributed by atoms with E-state index < -0.39 is 69.8 Å². The predicted octanol–water partition coefficient (Wildman–Crippen LogP) is 7.98. The summed E-state index contributed by atoms with van der Waals surface area (Å²) in [5.41, 5.74) is -0.346. The van der Waals surface area contributed by atoms with Crippen LogP contribution in [0.2, 0.25) is 0 Å². The molecule has 12 nitrogen and oxygen atoms in total. The van der Waals surface area contributed by atoms with Crippen LogP contribution in [0.3, 0.4) is 0 Å². The number of aromatic nitrogens is 4. The molecule has 0 amide bonds. The number of alkyl halides is 1. The SMILES string of the molecule is CCOC(=O)C(Br)c1ccc(F)cc1F.CCOC(=O)C(Oc1ccnc(C)n1)c1ccc(F)cc1F.Cc1nccc(OC(C(=O)O)c2ccc(F)cc2F)n1. The van der Waals surface area contributed by atoms with E-state index in [0.29, 0.717) is 23.8 Å². The molecule has 302 valence electrons. The van der Waals surface area contributed by atoms with E-state index in [1.165, 1.54) is 30.6 Å². The van der Waals surface area contributed by atoms with E-state index in [1.54, 1.807) is 27.7 Å². The van der Waals surface area contributed by atoms with Gasteiger partial charge in [-0.15, -0.1) is 0 Å². The van der Waals surface area contributed by atoms with Crippen LogP contribution >= 0.6 is 15.9 Å². The number of carbonyl (C=O) groups is 3. The second-order valence-corrected chi connectivity index (χ2v) is 12.0. The van der Waals surface area contributed by atoms with Crippen LogP contribution in [-0.4, -0.2) is 56.2 Å². The molecule has 0 radical (unpaired) electrons. The molecule has 3 atom stereocenters. The van der Waals surface area contributed by atoms with Gasteiger partial charge in [0.15, 0.2) is 0 Å². The second kappa shape index (κ2) is 21.8. The third-order valence-corrected chi connectivity index (χ3v) is 7.79. The zero-order chi connectivity index (χ0) is 42.2. The molecule has 0 aliphatic carbocycles. The van der Waals surface area contributed by atoms with Crippen molar-refractivity contribution >= 4 is 33.8 Å². The van der Waals surface area contributed by atoms with Crippen molar-refractivity contribution in [1.29, 1.82) is 0 Å². The molecule has 5 rings (SSSR count). The Balaban J connectivity index is 0.000000233. The van der Waals surface area contributed by atoms with Crippen molar-refractivity contribution in [2.45, 2.75) is 44.7 Å². The molecule has 2 heterocycles. The fraction of sp³-hybridized carbons (Fsp3) is 0.237. The monoisotopic (exact) mass is 866 g/mol. The summed E-state index contributed by atoms with van der Waals surface area (Å²) in [6.45, 7) is 6.82.